The van der Waals surface area contributed by atoms with Crippen LogP contribution in [0.15, 0.2) is 48.4 Å². The minimum absolute atomic E-state index is 0.0104. The molecule has 1 amide bonds. The predicted octanol–water partition coefficient (Wildman–Crippen LogP) is 0.513. The van der Waals surface area contributed by atoms with E-state index in [1.54, 1.807) is 0 Å². The van der Waals surface area contributed by atoms with Gasteiger partial charge in [-0.25, -0.2) is 9.82 Å². The van der Waals surface area contributed by atoms with Gasteiger partial charge in [-0.1, -0.05) is 25.2 Å². The Morgan fingerprint density at radius 2 is 2.10 bits per heavy atom. The van der Waals surface area contributed by atoms with Crippen molar-refractivity contribution < 1.29 is 13.9 Å². The van der Waals surface area contributed by atoms with Gasteiger partial charge in [0, 0.05) is 50.0 Å². The van der Waals surface area contributed by atoms with Crippen LogP contribution in [0.1, 0.15) is 39.0 Å². The highest BCUT2D eigenvalue weighted by Crippen LogP contribution is 2.33. The molecule has 0 aromatic rings. The van der Waals surface area contributed by atoms with Crippen LogP contribution in [0.5, 0.6) is 0 Å². The zero-order valence-corrected chi connectivity index (χ0v) is 22.7. The number of carbonyl (C=O) groups excluding carboxylic acids is 1. The summed E-state index contributed by atoms with van der Waals surface area (Å²) in [5.41, 5.74) is 4.60. The highest BCUT2D eigenvalue weighted by atomic mass is 19.1. The van der Waals surface area contributed by atoms with Gasteiger partial charge < -0.3 is 15.0 Å². The molecular formula is C28H43FN8O2. The fourth-order valence-electron chi connectivity index (χ4n) is 6.98. The molecule has 6 rings (SSSR count). The lowest BCUT2D eigenvalue weighted by atomic mass is 9.81. The van der Waals surface area contributed by atoms with Crippen LogP contribution in [0.25, 0.3) is 0 Å². The van der Waals surface area contributed by atoms with Crippen molar-refractivity contribution in [3.05, 3.63) is 48.4 Å². The van der Waals surface area contributed by atoms with E-state index in [2.05, 4.69) is 44.7 Å². The van der Waals surface area contributed by atoms with Gasteiger partial charge in [0.1, 0.15) is 24.2 Å². The highest BCUT2D eigenvalue weighted by Gasteiger charge is 2.44. The number of piperidine rings is 1. The zero-order chi connectivity index (χ0) is 26.9. The van der Waals surface area contributed by atoms with E-state index in [0.717, 1.165) is 44.4 Å². The van der Waals surface area contributed by atoms with Crippen LogP contribution in [-0.2, 0) is 9.53 Å². The number of hydrazine groups is 1. The predicted molar refractivity (Wildman–Crippen MR) is 147 cm³/mol. The minimum atomic E-state index is -0.997. The van der Waals surface area contributed by atoms with Crippen LogP contribution in [-0.4, -0.2) is 91.0 Å². The first kappa shape index (κ1) is 26.9. The number of alkyl halides is 1. The standard InChI is InChI=1S/C28H43FN8O2/c1-3-25(38)36-11-8-18(9-12-36)20-4-5-22-27(34-20)28(32-15-30-22)35-21-6-7-23(17(2)26(21)29)39-19-10-13-37-24(14-19)31-16-33-37/h3,8,10,13-14,17,20-24,26-28,30-35H,1,4-7,9,11-12,15-16H2,2H3. The second-order valence-corrected chi connectivity index (χ2v) is 11.6. The Balaban J connectivity index is 1.05. The number of rotatable bonds is 6. The molecular weight excluding hydrogens is 499 g/mol. The molecule has 1 saturated carbocycles. The third-order valence-corrected chi connectivity index (χ3v) is 9.33. The fraction of sp³-hybridized carbons (Fsp3) is 0.679. The summed E-state index contributed by atoms with van der Waals surface area (Å²) < 4.78 is 22.1. The van der Waals surface area contributed by atoms with Gasteiger partial charge in [0.25, 0.3) is 0 Å². The summed E-state index contributed by atoms with van der Waals surface area (Å²) in [5, 5.41) is 20.0. The van der Waals surface area contributed by atoms with E-state index in [-0.39, 0.29) is 48.4 Å². The Kier molecular flexibility index (Phi) is 8.06. The van der Waals surface area contributed by atoms with Crippen molar-refractivity contribution in [2.45, 2.75) is 87.8 Å². The Hall–Kier alpha value is -2.28. The number of allylic oxidation sites excluding steroid dienone is 1. The quantitative estimate of drug-likeness (QED) is 0.212. The van der Waals surface area contributed by atoms with Gasteiger partial charge in [0.2, 0.25) is 5.91 Å². The normalized spacial score (nSPS) is 40.3. The van der Waals surface area contributed by atoms with E-state index in [9.17, 15) is 4.79 Å². The highest BCUT2D eigenvalue weighted by molar-refractivity contribution is 5.87. The fourth-order valence-corrected chi connectivity index (χ4v) is 6.98. The van der Waals surface area contributed by atoms with Crippen LogP contribution in [0.3, 0.4) is 0 Å². The molecule has 0 radical (unpaired) electrons. The summed E-state index contributed by atoms with van der Waals surface area (Å²) in [4.78, 5) is 13.8. The van der Waals surface area contributed by atoms with Crippen molar-refractivity contribution in [3.8, 4) is 0 Å². The molecule has 9 atom stereocenters. The number of nitrogens with one attached hydrogen (secondary N) is 6. The van der Waals surface area contributed by atoms with Gasteiger partial charge >= 0.3 is 0 Å². The first-order valence-corrected chi connectivity index (χ1v) is 14.6. The van der Waals surface area contributed by atoms with Crippen molar-refractivity contribution in [1.82, 2.24) is 41.9 Å². The Morgan fingerprint density at radius 3 is 2.92 bits per heavy atom. The molecule has 9 unspecified atom stereocenters. The molecule has 10 nitrogen and oxygen atoms in total. The van der Waals surface area contributed by atoms with Gasteiger partial charge in [-0.15, -0.1) is 0 Å². The Bertz CT molecular complexity index is 1020. The number of halogens is 1. The third kappa shape index (κ3) is 5.66. The monoisotopic (exact) mass is 542 g/mol. The van der Waals surface area contributed by atoms with Crippen LogP contribution in [0.4, 0.5) is 4.39 Å². The molecule has 0 aromatic heterocycles. The second-order valence-electron chi connectivity index (χ2n) is 11.6. The first-order chi connectivity index (χ1) is 19.0. The number of ether oxygens (including phenoxy) is 1. The zero-order valence-electron chi connectivity index (χ0n) is 22.7. The number of fused-ring (bicyclic) bond motifs is 2. The summed E-state index contributed by atoms with van der Waals surface area (Å²) in [6.45, 7) is 8.37. The average molecular weight is 543 g/mol. The van der Waals surface area contributed by atoms with E-state index in [4.69, 9.17) is 4.74 Å². The lowest BCUT2D eigenvalue weighted by Gasteiger charge is -2.49. The second kappa shape index (κ2) is 11.7. The van der Waals surface area contributed by atoms with Gasteiger partial charge in [-0.2, -0.15) is 0 Å². The van der Waals surface area contributed by atoms with E-state index in [1.165, 1.54) is 11.6 Å². The molecule has 214 valence electrons. The van der Waals surface area contributed by atoms with E-state index < -0.39 is 6.17 Å². The average Bonchev–Trinajstić information content (AvgIpc) is 3.44. The van der Waals surface area contributed by atoms with Crippen molar-refractivity contribution >= 4 is 5.91 Å². The van der Waals surface area contributed by atoms with Crippen LogP contribution in [0.2, 0.25) is 0 Å². The van der Waals surface area contributed by atoms with Gasteiger partial charge in [-0.05, 0) is 50.3 Å². The summed E-state index contributed by atoms with van der Waals surface area (Å²) in [6.07, 6.45) is 13.0. The third-order valence-electron chi connectivity index (χ3n) is 9.33. The van der Waals surface area contributed by atoms with Crippen LogP contribution < -0.4 is 32.0 Å². The molecule has 6 N–H and O–H groups in total. The van der Waals surface area contributed by atoms with Crippen LogP contribution >= 0.6 is 0 Å². The summed E-state index contributed by atoms with van der Waals surface area (Å²) in [5.74, 6) is 0.581. The lowest BCUT2D eigenvalue weighted by molar-refractivity contribution is -0.125. The molecule has 11 heteroatoms. The molecule has 0 aromatic carbocycles. The molecule has 5 heterocycles. The smallest absolute Gasteiger partial charge is 0.246 e. The number of amides is 1. The summed E-state index contributed by atoms with van der Waals surface area (Å²) in [6, 6.07) is 0.537. The van der Waals surface area contributed by atoms with Crippen molar-refractivity contribution in [2.24, 2.45) is 5.92 Å². The Labute approximate surface area is 230 Å². The number of carbonyl (C=O) groups is 1. The van der Waals surface area contributed by atoms with E-state index in [0.29, 0.717) is 25.9 Å². The van der Waals surface area contributed by atoms with E-state index >= 15 is 4.39 Å². The number of hydrogen-bond acceptors (Lipinski definition) is 9. The first-order valence-electron chi connectivity index (χ1n) is 14.6. The molecule has 3 saturated heterocycles. The lowest BCUT2D eigenvalue weighted by Crippen LogP contribution is -2.74. The van der Waals surface area contributed by atoms with Crippen molar-refractivity contribution in [1.29, 1.82) is 0 Å². The van der Waals surface area contributed by atoms with E-state index in [1.807, 2.05) is 35.2 Å². The molecule has 0 bridgehead atoms. The minimum Gasteiger partial charge on any atom is -0.490 e. The maximum atomic E-state index is 15.8. The SMILES string of the molecule is C=CC(=O)N1CC=C(C2CCC3NCNC(NC4CCC(OC5=CC6NCNN6C=C5)C(C)C4F)C3N2)CC1. The van der Waals surface area contributed by atoms with Crippen molar-refractivity contribution in [3.63, 3.8) is 0 Å². The Morgan fingerprint density at radius 1 is 1.21 bits per heavy atom. The summed E-state index contributed by atoms with van der Waals surface area (Å²) in [7, 11) is 0. The van der Waals surface area contributed by atoms with Gasteiger partial charge in [0.15, 0.2) is 0 Å². The molecule has 39 heavy (non-hydrogen) atoms. The van der Waals surface area contributed by atoms with Crippen LogP contribution in [0, 0.1) is 5.92 Å². The molecule has 5 aliphatic heterocycles. The maximum Gasteiger partial charge on any atom is 0.246 e. The molecule has 4 fully saturated rings. The molecule has 1 aliphatic carbocycles. The van der Waals surface area contributed by atoms with Gasteiger partial charge in [0.05, 0.1) is 18.9 Å². The molecule has 0 spiro atoms. The van der Waals surface area contributed by atoms with Crippen molar-refractivity contribution in [2.75, 3.05) is 26.4 Å². The maximum absolute atomic E-state index is 15.8. The molecule has 6 aliphatic rings. The summed E-state index contributed by atoms with van der Waals surface area (Å²) >= 11 is 0. The number of hydrogen-bond donors (Lipinski definition) is 6. The largest absolute Gasteiger partial charge is 0.490 e. The van der Waals surface area contributed by atoms with Gasteiger partial charge in [-0.3, -0.25) is 31.1 Å². The topological polar surface area (TPSA) is 105 Å². The number of nitrogens with zero attached hydrogens (tertiary/aromatic N) is 2.